The van der Waals surface area contributed by atoms with E-state index in [1.807, 2.05) is 71.0 Å². The molecule has 0 bridgehead atoms. The fraction of sp³-hybridized carbons (Fsp3) is 0.417. The maximum absolute atomic E-state index is 13.2. The Labute approximate surface area is 184 Å². The summed E-state index contributed by atoms with van der Waals surface area (Å²) in [4.78, 5) is 27.5. The zero-order valence-electron chi connectivity index (χ0n) is 18.4. The van der Waals surface area contributed by atoms with Gasteiger partial charge < -0.3 is 15.0 Å². The zero-order chi connectivity index (χ0) is 22.3. The van der Waals surface area contributed by atoms with E-state index in [0.29, 0.717) is 17.2 Å². The number of hydrogen-bond donors (Lipinski definition) is 1. The van der Waals surface area contributed by atoms with Crippen molar-refractivity contribution in [2.45, 2.75) is 59.7 Å². The van der Waals surface area contributed by atoms with Crippen molar-refractivity contribution in [1.29, 1.82) is 0 Å². The average molecular weight is 431 g/mol. The van der Waals surface area contributed by atoms with Crippen LogP contribution in [0.2, 0.25) is 5.02 Å². The lowest BCUT2D eigenvalue weighted by atomic mass is 10.1. The van der Waals surface area contributed by atoms with Gasteiger partial charge in [0.2, 0.25) is 5.91 Å². The molecule has 6 heteroatoms. The van der Waals surface area contributed by atoms with Crippen molar-refractivity contribution in [3.05, 3.63) is 64.2 Å². The monoisotopic (exact) mass is 430 g/mol. The number of benzene rings is 2. The first-order valence-corrected chi connectivity index (χ1v) is 10.6. The lowest BCUT2D eigenvalue weighted by Gasteiger charge is -2.31. The molecular formula is C24H31ClN2O3. The standard InChI is InChI=1S/C24H31ClN2O3/c1-6-21(24(29)26-16(2)3)27(14-19-9-7-8-10-20(19)25)23(28)15-30-22-12-11-17(4)13-18(22)5/h7-13,16,21H,6,14-15H2,1-5H3,(H,26,29)/t21-/m0/s1. The molecule has 0 aliphatic rings. The average Bonchev–Trinajstić information content (AvgIpc) is 2.67. The highest BCUT2D eigenvalue weighted by atomic mass is 35.5. The third-order valence-electron chi connectivity index (χ3n) is 4.80. The number of hydrogen-bond acceptors (Lipinski definition) is 3. The lowest BCUT2D eigenvalue weighted by Crippen LogP contribution is -2.51. The molecule has 0 spiro atoms. The van der Waals surface area contributed by atoms with Crippen molar-refractivity contribution >= 4 is 23.4 Å². The Morgan fingerprint density at radius 3 is 2.43 bits per heavy atom. The van der Waals surface area contributed by atoms with E-state index in [-0.39, 0.29) is 31.0 Å². The molecule has 1 N–H and O–H groups in total. The number of aryl methyl sites for hydroxylation is 2. The molecule has 2 rings (SSSR count). The molecule has 0 aromatic heterocycles. The van der Waals surface area contributed by atoms with Gasteiger partial charge in [0, 0.05) is 17.6 Å². The Hall–Kier alpha value is -2.53. The van der Waals surface area contributed by atoms with Gasteiger partial charge in [-0.1, -0.05) is 54.4 Å². The Balaban J connectivity index is 2.25. The summed E-state index contributed by atoms with van der Waals surface area (Å²) < 4.78 is 5.80. The van der Waals surface area contributed by atoms with E-state index in [9.17, 15) is 9.59 Å². The van der Waals surface area contributed by atoms with Crippen molar-refractivity contribution < 1.29 is 14.3 Å². The molecule has 2 aromatic rings. The van der Waals surface area contributed by atoms with Crippen molar-refractivity contribution in [2.75, 3.05) is 6.61 Å². The van der Waals surface area contributed by atoms with Crippen LogP contribution >= 0.6 is 11.6 Å². The summed E-state index contributed by atoms with van der Waals surface area (Å²) >= 11 is 6.32. The topological polar surface area (TPSA) is 58.6 Å². The Morgan fingerprint density at radius 2 is 1.83 bits per heavy atom. The minimum Gasteiger partial charge on any atom is -0.483 e. The number of carbonyl (C=O) groups is 2. The molecule has 0 fully saturated rings. The number of rotatable bonds is 9. The molecule has 0 aliphatic heterocycles. The molecular weight excluding hydrogens is 400 g/mol. The second-order valence-corrected chi connectivity index (χ2v) is 8.17. The Bertz CT molecular complexity index is 883. The second kappa shape index (κ2) is 11.0. The SMILES string of the molecule is CC[C@@H](C(=O)NC(C)C)N(Cc1ccccc1Cl)C(=O)COc1ccc(C)cc1C. The molecule has 0 unspecified atom stereocenters. The van der Waals surface area contributed by atoms with E-state index in [1.165, 1.54) is 0 Å². The van der Waals surface area contributed by atoms with E-state index < -0.39 is 6.04 Å². The maximum Gasteiger partial charge on any atom is 0.261 e. The molecule has 0 saturated heterocycles. The molecule has 0 saturated carbocycles. The van der Waals surface area contributed by atoms with Gasteiger partial charge in [0.1, 0.15) is 11.8 Å². The highest BCUT2D eigenvalue weighted by Gasteiger charge is 2.29. The summed E-state index contributed by atoms with van der Waals surface area (Å²) in [5, 5.41) is 3.47. The molecule has 30 heavy (non-hydrogen) atoms. The van der Waals surface area contributed by atoms with Crippen molar-refractivity contribution in [2.24, 2.45) is 0 Å². The first-order valence-electron chi connectivity index (χ1n) is 10.3. The normalized spacial score (nSPS) is 11.8. The van der Waals surface area contributed by atoms with Gasteiger partial charge in [-0.3, -0.25) is 9.59 Å². The van der Waals surface area contributed by atoms with Gasteiger partial charge in [-0.05, 0) is 57.4 Å². The molecule has 0 heterocycles. The fourth-order valence-corrected chi connectivity index (χ4v) is 3.49. The summed E-state index contributed by atoms with van der Waals surface area (Å²) in [5.74, 6) is 0.214. The van der Waals surface area contributed by atoms with Gasteiger partial charge in [0.15, 0.2) is 6.61 Å². The first-order chi connectivity index (χ1) is 14.2. The van der Waals surface area contributed by atoms with Crippen LogP contribution < -0.4 is 10.1 Å². The number of nitrogens with one attached hydrogen (secondary N) is 1. The molecule has 162 valence electrons. The zero-order valence-corrected chi connectivity index (χ0v) is 19.1. The highest BCUT2D eigenvalue weighted by molar-refractivity contribution is 6.31. The Kier molecular flexibility index (Phi) is 8.72. The smallest absolute Gasteiger partial charge is 0.261 e. The quantitative estimate of drug-likeness (QED) is 0.629. The van der Waals surface area contributed by atoms with Gasteiger partial charge in [-0.25, -0.2) is 0 Å². The summed E-state index contributed by atoms with van der Waals surface area (Å²) in [5.41, 5.74) is 2.88. The molecule has 0 radical (unpaired) electrons. The van der Waals surface area contributed by atoms with Crippen LogP contribution in [0.4, 0.5) is 0 Å². The predicted molar refractivity (Wildman–Crippen MR) is 121 cm³/mol. The predicted octanol–water partition coefficient (Wildman–Crippen LogP) is 4.67. The number of amides is 2. The van der Waals surface area contributed by atoms with Crippen LogP contribution in [0.5, 0.6) is 5.75 Å². The van der Waals surface area contributed by atoms with E-state index in [2.05, 4.69) is 5.32 Å². The van der Waals surface area contributed by atoms with Gasteiger partial charge in [0.25, 0.3) is 5.91 Å². The summed E-state index contributed by atoms with van der Waals surface area (Å²) in [6.07, 6.45) is 0.484. The van der Waals surface area contributed by atoms with Crippen LogP contribution in [0, 0.1) is 13.8 Å². The van der Waals surface area contributed by atoms with E-state index in [4.69, 9.17) is 16.3 Å². The van der Waals surface area contributed by atoms with Crippen molar-refractivity contribution in [3.63, 3.8) is 0 Å². The molecule has 1 atom stereocenters. The largest absolute Gasteiger partial charge is 0.483 e. The fourth-order valence-electron chi connectivity index (χ4n) is 3.29. The Morgan fingerprint density at radius 1 is 1.13 bits per heavy atom. The molecule has 2 aromatic carbocycles. The van der Waals surface area contributed by atoms with Crippen LogP contribution in [-0.2, 0) is 16.1 Å². The van der Waals surface area contributed by atoms with Gasteiger partial charge in [-0.15, -0.1) is 0 Å². The number of carbonyl (C=O) groups excluding carboxylic acids is 2. The highest BCUT2D eigenvalue weighted by Crippen LogP contribution is 2.21. The minimum absolute atomic E-state index is 0.0183. The number of halogens is 1. The third kappa shape index (κ3) is 6.49. The molecule has 5 nitrogen and oxygen atoms in total. The van der Waals surface area contributed by atoms with Gasteiger partial charge >= 0.3 is 0 Å². The van der Waals surface area contributed by atoms with Crippen molar-refractivity contribution in [1.82, 2.24) is 10.2 Å². The third-order valence-corrected chi connectivity index (χ3v) is 5.17. The first kappa shape index (κ1) is 23.7. The summed E-state index contributed by atoms with van der Waals surface area (Å²) in [6.45, 7) is 9.72. The van der Waals surface area contributed by atoms with E-state index in [1.54, 1.807) is 11.0 Å². The second-order valence-electron chi connectivity index (χ2n) is 7.76. The van der Waals surface area contributed by atoms with Gasteiger partial charge in [0.05, 0.1) is 0 Å². The van der Waals surface area contributed by atoms with Crippen LogP contribution in [-0.4, -0.2) is 35.4 Å². The number of nitrogens with zero attached hydrogens (tertiary/aromatic N) is 1. The maximum atomic E-state index is 13.2. The van der Waals surface area contributed by atoms with Gasteiger partial charge in [-0.2, -0.15) is 0 Å². The minimum atomic E-state index is -0.612. The van der Waals surface area contributed by atoms with Crippen LogP contribution in [0.3, 0.4) is 0 Å². The summed E-state index contributed by atoms with van der Waals surface area (Å²) in [7, 11) is 0. The van der Waals surface area contributed by atoms with Crippen LogP contribution in [0.25, 0.3) is 0 Å². The van der Waals surface area contributed by atoms with Crippen LogP contribution in [0.15, 0.2) is 42.5 Å². The van der Waals surface area contributed by atoms with E-state index >= 15 is 0 Å². The van der Waals surface area contributed by atoms with E-state index in [0.717, 1.165) is 16.7 Å². The summed E-state index contributed by atoms with van der Waals surface area (Å²) in [6, 6.07) is 12.5. The number of ether oxygens (including phenoxy) is 1. The van der Waals surface area contributed by atoms with Crippen molar-refractivity contribution in [3.8, 4) is 5.75 Å². The molecule has 0 aliphatic carbocycles. The molecule has 2 amide bonds. The lowest BCUT2D eigenvalue weighted by molar-refractivity contribution is -0.143. The van der Waals surface area contributed by atoms with Crippen LogP contribution in [0.1, 0.15) is 43.9 Å².